The van der Waals surface area contributed by atoms with E-state index in [-0.39, 0.29) is 16.5 Å². The van der Waals surface area contributed by atoms with Crippen molar-refractivity contribution in [3.8, 4) is 0 Å². The van der Waals surface area contributed by atoms with E-state index in [4.69, 9.17) is 11.6 Å². The van der Waals surface area contributed by atoms with E-state index in [0.717, 1.165) is 0 Å². The van der Waals surface area contributed by atoms with Gasteiger partial charge < -0.3 is 5.32 Å². The molecule has 0 radical (unpaired) electrons. The van der Waals surface area contributed by atoms with Crippen LogP contribution in [0.5, 0.6) is 0 Å². The first-order valence-electron chi connectivity index (χ1n) is 8.62. The number of hydrogen-bond donors (Lipinski definition) is 1. The summed E-state index contributed by atoms with van der Waals surface area (Å²) in [5, 5.41) is 2.75. The number of amides is 1. The van der Waals surface area contributed by atoms with Gasteiger partial charge >= 0.3 is 0 Å². The smallest absolute Gasteiger partial charge is 0.265 e. The van der Waals surface area contributed by atoms with E-state index in [2.05, 4.69) is 26.2 Å². The Morgan fingerprint density at radius 3 is 2.52 bits per heavy atom. The van der Waals surface area contributed by atoms with Crippen molar-refractivity contribution in [2.24, 2.45) is 0 Å². The van der Waals surface area contributed by atoms with Gasteiger partial charge in [-0.25, -0.2) is 8.42 Å². The number of nitrogens with zero attached hydrogens (tertiary/aromatic N) is 2. The van der Waals surface area contributed by atoms with Crippen LogP contribution in [-0.2, 0) is 10.0 Å². The summed E-state index contributed by atoms with van der Waals surface area (Å²) >= 11 is 9.47. The molecule has 1 N–H and O–H groups in total. The van der Waals surface area contributed by atoms with Crippen LogP contribution in [0.4, 0.5) is 11.4 Å². The zero-order valence-electron chi connectivity index (χ0n) is 15.3. The Hall–Kier alpha value is -2.42. The standard InChI is InChI=1S/C20H17BrClN3O3S/c1-2-25(17-6-4-3-5-7-17)29(27,28)19-11-16(8-9-18(19)22)24-20(26)14-10-15(21)13-23-12-14/h3-13H,2H2,1H3,(H,24,26). The van der Waals surface area contributed by atoms with E-state index in [1.54, 1.807) is 49.5 Å². The zero-order valence-corrected chi connectivity index (χ0v) is 18.5. The van der Waals surface area contributed by atoms with Crippen molar-refractivity contribution < 1.29 is 13.2 Å². The summed E-state index contributed by atoms with van der Waals surface area (Å²) in [5.74, 6) is -0.417. The molecule has 1 heterocycles. The van der Waals surface area contributed by atoms with E-state index < -0.39 is 15.9 Å². The van der Waals surface area contributed by atoms with Gasteiger partial charge in [0, 0.05) is 29.1 Å². The minimum absolute atomic E-state index is 0.0708. The van der Waals surface area contributed by atoms with Crippen LogP contribution in [0.25, 0.3) is 0 Å². The number of nitrogens with one attached hydrogen (secondary N) is 1. The monoisotopic (exact) mass is 493 g/mol. The molecule has 6 nitrogen and oxygen atoms in total. The number of pyridine rings is 1. The quantitative estimate of drug-likeness (QED) is 0.525. The summed E-state index contributed by atoms with van der Waals surface area (Å²) in [6.45, 7) is 1.97. The molecule has 0 saturated heterocycles. The van der Waals surface area contributed by atoms with Gasteiger partial charge in [0.05, 0.1) is 16.3 Å². The molecule has 0 unspecified atom stereocenters. The van der Waals surface area contributed by atoms with Crippen LogP contribution in [0.1, 0.15) is 17.3 Å². The number of aromatic nitrogens is 1. The predicted octanol–water partition coefficient (Wildman–Crippen LogP) is 4.97. The van der Waals surface area contributed by atoms with Gasteiger partial charge in [-0.05, 0) is 59.3 Å². The highest BCUT2D eigenvalue weighted by Crippen LogP contribution is 2.30. The van der Waals surface area contributed by atoms with Gasteiger partial charge in [0.1, 0.15) is 4.90 Å². The van der Waals surface area contributed by atoms with Crippen LogP contribution in [0.15, 0.2) is 76.4 Å². The minimum Gasteiger partial charge on any atom is -0.322 e. The Morgan fingerprint density at radius 2 is 1.86 bits per heavy atom. The maximum absolute atomic E-state index is 13.2. The van der Waals surface area contributed by atoms with Crippen LogP contribution in [0, 0.1) is 0 Å². The fourth-order valence-electron chi connectivity index (χ4n) is 2.72. The topological polar surface area (TPSA) is 79.4 Å². The highest BCUT2D eigenvalue weighted by molar-refractivity contribution is 9.10. The average molecular weight is 495 g/mol. The molecule has 29 heavy (non-hydrogen) atoms. The largest absolute Gasteiger partial charge is 0.322 e. The second kappa shape index (κ2) is 8.94. The molecule has 150 valence electrons. The van der Waals surface area contributed by atoms with Gasteiger partial charge in [-0.3, -0.25) is 14.1 Å². The fourth-order valence-corrected chi connectivity index (χ4v) is 5.06. The van der Waals surface area contributed by atoms with Crippen molar-refractivity contribution in [2.75, 3.05) is 16.2 Å². The molecule has 0 atom stereocenters. The van der Waals surface area contributed by atoms with Crippen molar-refractivity contribution in [2.45, 2.75) is 11.8 Å². The molecule has 0 saturated carbocycles. The second-order valence-electron chi connectivity index (χ2n) is 6.00. The molecule has 2 aromatic carbocycles. The van der Waals surface area contributed by atoms with Crippen LogP contribution in [0.3, 0.4) is 0 Å². The lowest BCUT2D eigenvalue weighted by atomic mass is 10.2. The Kier molecular flexibility index (Phi) is 6.56. The van der Waals surface area contributed by atoms with E-state index in [9.17, 15) is 13.2 Å². The van der Waals surface area contributed by atoms with Gasteiger partial charge in [0.2, 0.25) is 0 Å². The first kappa shape index (κ1) is 21.3. The summed E-state index contributed by atoms with van der Waals surface area (Å²) in [4.78, 5) is 16.3. The predicted molar refractivity (Wildman–Crippen MR) is 118 cm³/mol. The number of rotatable bonds is 6. The van der Waals surface area contributed by atoms with Crippen LogP contribution in [0.2, 0.25) is 5.02 Å². The van der Waals surface area contributed by atoms with Crippen molar-refractivity contribution in [1.82, 2.24) is 4.98 Å². The number of carbonyl (C=O) groups is 1. The summed E-state index contributed by atoms with van der Waals surface area (Å²) in [6, 6.07) is 14.7. The number of benzene rings is 2. The van der Waals surface area contributed by atoms with E-state index in [0.29, 0.717) is 21.4 Å². The molecule has 0 aliphatic rings. The van der Waals surface area contributed by atoms with Gasteiger partial charge in [-0.2, -0.15) is 0 Å². The third kappa shape index (κ3) is 4.77. The number of sulfonamides is 1. The summed E-state index contributed by atoms with van der Waals surface area (Å²) in [5.41, 5.74) is 1.17. The first-order chi connectivity index (χ1) is 13.8. The van der Waals surface area contributed by atoms with Gasteiger partial charge in [0.25, 0.3) is 15.9 Å². The van der Waals surface area contributed by atoms with Crippen molar-refractivity contribution in [3.63, 3.8) is 0 Å². The highest BCUT2D eigenvalue weighted by atomic mass is 79.9. The number of hydrogen-bond acceptors (Lipinski definition) is 4. The van der Waals surface area contributed by atoms with Crippen LogP contribution >= 0.6 is 27.5 Å². The first-order valence-corrected chi connectivity index (χ1v) is 11.2. The molecule has 3 rings (SSSR count). The minimum atomic E-state index is -3.93. The molecule has 0 fully saturated rings. The third-order valence-electron chi connectivity index (χ3n) is 4.06. The molecular weight excluding hydrogens is 478 g/mol. The Bertz CT molecular complexity index is 1140. The summed E-state index contributed by atoms with van der Waals surface area (Å²) in [7, 11) is -3.93. The molecule has 0 spiro atoms. The number of anilines is 2. The summed E-state index contributed by atoms with van der Waals surface area (Å²) in [6.07, 6.45) is 2.98. The maximum atomic E-state index is 13.2. The number of para-hydroxylation sites is 1. The second-order valence-corrected chi connectivity index (χ2v) is 9.15. The number of carbonyl (C=O) groups excluding carboxylic acids is 1. The number of halogens is 2. The van der Waals surface area contributed by atoms with Crippen molar-refractivity contribution in [1.29, 1.82) is 0 Å². The van der Waals surface area contributed by atoms with E-state index in [1.807, 2.05) is 6.07 Å². The molecule has 0 aliphatic heterocycles. The summed E-state index contributed by atoms with van der Waals surface area (Å²) < 4.78 is 28.4. The normalized spacial score (nSPS) is 11.1. The Labute approximate surface area is 182 Å². The molecule has 9 heteroatoms. The lowest BCUT2D eigenvalue weighted by molar-refractivity contribution is 0.102. The van der Waals surface area contributed by atoms with Gasteiger partial charge in [-0.1, -0.05) is 29.8 Å². The van der Waals surface area contributed by atoms with Crippen molar-refractivity contribution in [3.05, 3.63) is 82.0 Å². The maximum Gasteiger partial charge on any atom is 0.265 e. The van der Waals surface area contributed by atoms with E-state index in [1.165, 1.54) is 22.6 Å². The van der Waals surface area contributed by atoms with Gasteiger partial charge in [0.15, 0.2) is 0 Å². The molecule has 1 amide bonds. The van der Waals surface area contributed by atoms with Crippen LogP contribution in [-0.4, -0.2) is 25.9 Å². The van der Waals surface area contributed by atoms with Crippen molar-refractivity contribution >= 4 is 54.8 Å². The molecule has 0 bridgehead atoms. The Morgan fingerprint density at radius 1 is 1.14 bits per heavy atom. The molecule has 3 aromatic rings. The molecular formula is C20H17BrClN3O3S. The van der Waals surface area contributed by atoms with Crippen LogP contribution < -0.4 is 9.62 Å². The van der Waals surface area contributed by atoms with E-state index >= 15 is 0 Å². The van der Waals surface area contributed by atoms with Gasteiger partial charge in [-0.15, -0.1) is 0 Å². The average Bonchev–Trinajstić information content (AvgIpc) is 2.70. The zero-order chi connectivity index (χ0) is 21.0. The third-order valence-corrected chi connectivity index (χ3v) is 6.87. The Balaban J connectivity index is 1.95. The SMILES string of the molecule is CCN(c1ccccc1)S(=O)(=O)c1cc(NC(=O)c2cncc(Br)c2)ccc1Cl. The lowest BCUT2D eigenvalue weighted by Crippen LogP contribution is -2.31. The molecule has 0 aliphatic carbocycles. The molecule has 1 aromatic heterocycles. The lowest BCUT2D eigenvalue weighted by Gasteiger charge is -2.23. The fraction of sp³-hybridized carbons (Fsp3) is 0.100. The highest BCUT2D eigenvalue weighted by Gasteiger charge is 2.26.